The Kier molecular flexibility index (Phi) is 4.57. The topological polar surface area (TPSA) is 89.9 Å². The number of hydrogen-bond acceptors (Lipinski definition) is 5. The number of esters is 1. The maximum atomic E-state index is 11.3. The molecule has 96 valence electrons. The van der Waals surface area contributed by atoms with E-state index in [9.17, 15) is 14.4 Å². The monoisotopic (exact) mass is 306 g/mol. The van der Waals surface area contributed by atoms with Crippen LogP contribution < -0.4 is 0 Å². The second kappa shape index (κ2) is 5.54. The van der Waals surface area contributed by atoms with Crippen LogP contribution in [0, 0.1) is 5.92 Å². The van der Waals surface area contributed by atoms with Gasteiger partial charge in [0.05, 0.1) is 0 Å². The third kappa shape index (κ3) is 4.04. The fourth-order valence-electron chi connectivity index (χ4n) is 1.06. The molecule has 1 atom stereocenters. The van der Waals surface area contributed by atoms with Gasteiger partial charge in [-0.1, -0.05) is 0 Å². The quantitative estimate of drug-likeness (QED) is 0.442. The molecule has 0 radical (unpaired) electrons. The van der Waals surface area contributed by atoms with Crippen LogP contribution in [0.3, 0.4) is 0 Å². The molecule has 1 aliphatic carbocycles. The van der Waals surface area contributed by atoms with E-state index in [1.165, 1.54) is 0 Å². The Bertz CT molecular complexity index is 334. The van der Waals surface area contributed by atoms with E-state index in [4.69, 9.17) is 9.84 Å². The second-order valence-corrected chi connectivity index (χ2v) is 7.57. The minimum absolute atomic E-state index is 0.279. The molecule has 7 heteroatoms. The van der Waals surface area contributed by atoms with Crippen LogP contribution in [0.5, 0.6) is 0 Å². The number of rotatable bonds is 6. The standard InChI is InChI=1S/C10H15AsO6/c1-6(2)7(12)16-5-17-9(15)11-10(3-4-10)8(13)14/h6,11H,3-5H2,1-2H3,(H,13,14). The van der Waals surface area contributed by atoms with E-state index >= 15 is 0 Å². The summed E-state index contributed by atoms with van der Waals surface area (Å²) in [7, 11) is 0. The normalized spacial score (nSPS) is 17.1. The Hall–Kier alpha value is -1.03. The van der Waals surface area contributed by atoms with Gasteiger partial charge >= 0.3 is 105 Å². The van der Waals surface area contributed by atoms with E-state index in [2.05, 4.69) is 4.74 Å². The van der Waals surface area contributed by atoms with Crippen LogP contribution in [0.4, 0.5) is 4.79 Å². The summed E-state index contributed by atoms with van der Waals surface area (Å²) < 4.78 is 8.01. The van der Waals surface area contributed by atoms with Crippen LogP contribution in [0.25, 0.3) is 0 Å². The molecule has 0 aliphatic heterocycles. The SMILES string of the molecule is CC(C)C(=O)OCOC(=O)[AsH]C1(C(=O)O)CC1. The van der Waals surface area contributed by atoms with Crippen molar-refractivity contribution in [2.45, 2.75) is 30.9 Å². The molecule has 1 fully saturated rings. The third-order valence-electron chi connectivity index (χ3n) is 2.36. The molecule has 0 aromatic heterocycles. The van der Waals surface area contributed by atoms with Gasteiger partial charge < -0.3 is 0 Å². The summed E-state index contributed by atoms with van der Waals surface area (Å²) in [5.74, 6) is -1.65. The van der Waals surface area contributed by atoms with E-state index in [0.29, 0.717) is 12.8 Å². The Morgan fingerprint density at radius 1 is 1.29 bits per heavy atom. The van der Waals surface area contributed by atoms with E-state index in [-0.39, 0.29) is 5.92 Å². The molecule has 17 heavy (non-hydrogen) atoms. The number of carbonyl (C=O) groups is 3. The van der Waals surface area contributed by atoms with Gasteiger partial charge in [-0.2, -0.15) is 0 Å². The Labute approximate surface area is 105 Å². The van der Waals surface area contributed by atoms with Crippen molar-refractivity contribution < 1.29 is 29.0 Å². The molecule has 0 aromatic carbocycles. The molecular formula is C10H15AsO6. The van der Waals surface area contributed by atoms with Crippen molar-refractivity contribution >= 4 is 32.4 Å². The first-order chi connectivity index (χ1) is 7.87. The molecule has 6 nitrogen and oxygen atoms in total. The van der Waals surface area contributed by atoms with Crippen LogP contribution in [0.15, 0.2) is 0 Å². The van der Waals surface area contributed by atoms with Crippen LogP contribution >= 0.6 is 0 Å². The number of hydrogen-bond donors (Lipinski definition) is 1. The number of aliphatic carboxylic acids is 1. The summed E-state index contributed by atoms with van der Waals surface area (Å²) in [6, 6.07) is 0. The molecule has 0 saturated heterocycles. The number of carboxylic acids is 1. The first-order valence-corrected chi connectivity index (χ1v) is 7.32. The van der Waals surface area contributed by atoms with Crippen LogP contribution in [-0.4, -0.2) is 44.3 Å². The molecule has 0 bridgehead atoms. The van der Waals surface area contributed by atoms with Crippen molar-refractivity contribution in [3.05, 3.63) is 0 Å². The fourth-order valence-corrected chi connectivity index (χ4v) is 3.16. The van der Waals surface area contributed by atoms with Crippen LogP contribution in [-0.2, 0) is 19.1 Å². The molecule has 1 unspecified atom stereocenters. The van der Waals surface area contributed by atoms with Crippen molar-refractivity contribution in [1.29, 1.82) is 0 Å². The first kappa shape index (κ1) is 14.0. The van der Waals surface area contributed by atoms with Crippen LogP contribution in [0.2, 0.25) is 4.20 Å². The van der Waals surface area contributed by atoms with Gasteiger partial charge in [0.1, 0.15) is 0 Å². The second-order valence-electron chi connectivity index (χ2n) is 4.18. The van der Waals surface area contributed by atoms with Crippen molar-refractivity contribution in [3.63, 3.8) is 0 Å². The summed E-state index contributed by atoms with van der Waals surface area (Å²) in [6.07, 6.45) is 1.09. The molecule has 0 spiro atoms. The van der Waals surface area contributed by atoms with E-state index in [1.54, 1.807) is 13.8 Å². The first-order valence-electron chi connectivity index (χ1n) is 5.22. The van der Waals surface area contributed by atoms with Gasteiger partial charge in [-0.3, -0.25) is 0 Å². The molecule has 1 saturated carbocycles. The molecule has 0 aromatic rings. The van der Waals surface area contributed by atoms with E-state index < -0.39 is 43.4 Å². The molecule has 1 N–H and O–H groups in total. The van der Waals surface area contributed by atoms with Gasteiger partial charge in [0.15, 0.2) is 0 Å². The summed E-state index contributed by atoms with van der Waals surface area (Å²) in [5, 5.41) is 8.88. The Morgan fingerprint density at radius 3 is 2.29 bits per heavy atom. The molecule has 0 heterocycles. The van der Waals surface area contributed by atoms with Crippen molar-refractivity contribution in [1.82, 2.24) is 0 Å². The Balaban J connectivity index is 2.23. The van der Waals surface area contributed by atoms with Gasteiger partial charge in [-0.15, -0.1) is 0 Å². The number of carboxylic acid groups (broad SMARTS) is 1. The summed E-state index contributed by atoms with van der Waals surface area (Å²) >= 11 is -1.36. The molecule has 0 amide bonds. The zero-order valence-corrected chi connectivity index (χ0v) is 11.8. The molecular weight excluding hydrogens is 291 g/mol. The zero-order chi connectivity index (χ0) is 13.1. The van der Waals surface area contributed by atoms with E-state index in [0.717, 1.165) is 0 Å². The molecule has 1 rings (SSSR count). The summed E-state index contributed by atoms with van der Waals surface area (Å²) in [6.45, 7) is 2.92. The Morgan fingerprint density at radius 2 is 1.88 bits per heavy atom. The van der Waals surface area contributed by atoms with Crippen molar-refractivity contribution in [2.24, 2.45) is 5.92 Å². The average molecular weight is 306 g/mol. The van der Waals surface area contributed by atoms with Crippen molar-refractivity contribution in [3.8, 4) is 0 Å². The maximum absolute atomic E-state index is 11.3. The number of ether oxygens (including phenoxy) is 2. The average Bonchev–Trinajstić information content (AvgIpc) is 2.98. The third-order valence-corrected chi connectivity index (χ3v) is 5.60. The van der Waals surface area contributed by atoms with Crippen LogP contribution in [0.1, 0.15) is 26.7 Å². The van der Waals surface area contributed by atoms with E-state index in [1.807, 2.05) is 0 Å². The van der Waals surface area contributed by atoms with Gasteiger partial charge in [0.25, 0.3) is 0 Å². The summed E-state index contributed by atoms with van der Waals surface area (Å²) in [5.41, 5.74) is 0. The fraction of sp³-hybridized carbons (Fsp3) is 0.700. The predicted molar refractivity (Wildman–Crippen MR) is 59.0 cm³/mol. The zero-order valence-electron chi connectivity index (χ0n) is 9.69. The van der Waals surface area contributed by atoms with Gasteiger partial charge in [-0.05, 0) is 0 Å². The number of carbonyl (C=O) groups excluding carboxylic acids is 2. The predicted octanol–water partition coefficient (Wildman–Crippen LogP) is 0.753. The molecule has 1 aliphatic rings. The van der Waals surface area contributed by atoms with Crippen molar-refractivity contribution in [2.75, 3.05) is 6.79 Å². The van der Waals surface area contributed by atoms with Gasteiger partial charge in [0, 0.05) is 0 Å². The van der Waals surface area contributed by atoms with Gasteiger partial charge in [-0.25, -0.2) is 0 Å². The minimum atomic E-state index is -1.36. The summed E-state index contributed by atoms with van der Waals surface area (Å²) in [4.78, 5) is 33.2. The van der Waals surface area contributed by atoms with Gasteiger partial charge in [0.2, 0.25) is 0 Å².